The molecule has 23 heavy (non-hydrogen) atoms. The number of rotatable bonds is 4. The van der Waals surface area contributed by atoms with E-state index >= 15 is 0 Å². The van der Waals surface area contributed by atoms with E-state index in [-0.39, 0.29) is 12.8 Å². The van der Waals surface area contributed by atoms with E-state index in [4.69, 9.17) is 9.31 Å². The first-order valence-corrected chi connectivity index (χ1v) is 7.73. The average molecular weight is 323 g/mol. The molecular weight excluding hydrogens is 303 g/mol. The molecule has 4 nitrogen and oxygen atoms in total. The van der Waals surface area contributed by atoms with E-state index in [1.807, 2.05) is 27.7 Å². The second kappa shape index (κ2) is 5.08. The molecule has 1 saturated carbocycles. The predicted molar refractivity (Wildman–Crippen MR) is 81.7 cm³/mol. The SMILES string of the molecule is CC1(C)OB(c2ccnc(CC(=O)C3CC3(F)F)c2)OC1(C)C. The van der Waals surface area contributed by atoms with Crippen molar-refractivity contribution in [1.29, 1.82) is 0 Å². The molecule has 2 aliphatic rings. The van der Waals surface area contributed by atoms with Crippen LogP contribution in [0.2, 0.25) is 0 Å². The number of halogens is 2. The summed E-state index contributed by atoms with van der Waals surface area (Å²) in [5.41, 5.74) is 0.272. The highest BCUT2D eigenvalue weighted by molar-refractivity contribution is 6.62. The lowest BCUT2D eigenvalue weighted by Crippen LogP contribution is -2.41. The van der Waals surface area contributed by atoms with Crippen LogP contribution in [0.1, 0.15) is 39.8 Å². The molecular formula is C16H20BF2NO3. The number of hydrogen-bond acceptors (Lipinski definition) is 4. The Kier molecular flexibility index (Phi) is 3.65. The summed E-state index contributed by atoms with van der Waals surface area (Å²) in [4.78, 5) is 16.0. The zero-order valence-corrected chi connectivity index (χ0v) is 13.7. The van der Waals surface area contributed by atoms with Crippen LogP contribution >= 0.6 is 0 Å². The fourth-order valence-electron chi connectivity index (χ4n) is 2.58. The van der Waals surface area contributed by atoms with Gasteiger partial charge in [-0.3, -0.25) is 9.78 Å². The maximum absolute atomic E-state index is 13.0. The minimum Gasteiger partial charge on any atom is -0.399 e. The molecule has 0 spiro atoms. The molecule has 2 fully saturated rings. The van der Waals surface area contributed by atoms with Gasteiger partial charge in [-0.2, -0.15) is 0 Å². The molecule has 7 heteroatoms. The molecule has 124 valence electrons. The van der Waals surface area contributed by atoms with Gasteiger partial charge in [-0.25, -0.2) is 8.78 Å². The number of Topliss-reactive ketones (excluding diaryl/α,β-unsaturated/α-hetero) is 1. The van der Waals surface area contributed by atoms with E-state index in [1.54, 1.807) is 18.3 Å². The molecule has 1 saturated heterocycles. The number of carbonyl (C=O) groups excluding carboxylic acids is 1. The van der Waals surface area contributed by atoms with Gasteiger partial charge in [0.05, 0.1) is 17.1 Å². The van der Waals surface area contributed by atoms with Crippen LogP contribution in [0, 0.1) is 5.92 Å². The molecule has 2 heterocycles. The molecule has 0 bridgehead atoms. The topological polar surface area (TPSA) is 48.4 Å². The molecule has 1 unspecified atom stereocenters. The first kappa shape index (κ1) is 16.5. The lowest BCUT2D eigenvalue weighted by Gasteiger charge is -2.32. The first-order chi connectivity index (χ1) is 10.5. The smallest absolute Gasteiger partial charge is 0.399 e. The predicted octanol–water partition coefficient (Wildman–Crippen LogP) is 2.15. The Balaban J connectivity index is 1.73. The van der Waals surface area contributed by atoms with Crippen molar-refractivity contribution in [2.24, 2.45) is 5.92 Å². The van der Waals surface area contributed by atoms with Gasteiger partial charge in [0.1, 0.15) is 5.78 Å². The Hall–Kier alpha value is -1.34. The summed E-state index contributed by atoms with van der Waals surface area (Å²) in [5.74, 6) is -4.45. The minimum absolute atomic E-state index is 0.0897. The van der Waals surface area contributed by atoms with Gasteiger partial charge in [0, 0.05) is 24.7 Å². The van der Waals surface area contributed by atoms with E-state index in [1.165, 1.54) is 0 Å². The van der Waals surface area contributed by atoms with E-state index in [9.17, 15) is 13.6 Å². The van der Waals surface area contributed by atoms with Crippen LogP contribution in [0.3, 0.4) is 0 Å². The van der Waals surface area contributed by atoms with Gasteiger partial charge in [-0.15, -0.1) is 0 Å². The molecule has 0 radical (unpaired) electrons. The number of hydrogen-bond donors (Lipinski definition) is 0. The standard InChI is InChI=1S/C16H20BF2NO3/c1-14(2)15(3,4)23-17(22-14)10-5-6-20-11(7-10)8-13(21)12-9-16(12,18)19/h5-7,12H,8-9H2,1-4H3. The van der Waals surface area contributed by atoms with E-state index < -0.39 is 35.9 Å². The van der Waals surface area contributed by atoms with Gasteiger partial charge in [-0.1, -0.05) is 0 Å². The average Bonchev–Trinajstić information content (AvgIpc) is 2.99. The summed E-state index contributed by atoms with van der Waals surface area (Å²) in [6.07, 6.45) is 1.12. The maximum Gasteiger partial charge on any atom is 0.494 e. The first-order valence-electron chi connectivity index (χ1n) is 7.73. The molecule has 0 aromatic carbocycles. The highest BCUT2D eigenvalue weighted by atomic mass is 19.3. The minimum atomic E-state index is -2.83. The van der Waals surface area contributed by atoms with Crippen LogP contribution in [0.5, 0.6) is 0 Å². The maximum atomic E-state index is 13.0. The van der Waals surface area contributed by atoms with E-state index in [2.05, 4.69) is 4.98 Å². The van der Waals surface area contributed by atoms with Crippen LogP contribution in [0.25, 0.3) is 0 Å². The molecule has 0 amide bonds. The fourth-order valence-corrected chi connectivity index (χ4v) is 2.58. The van der Waals surface area contributed by atoms with Crippen molar-refractivity contribution < 1.29 is 22.9 Å². The third kappa shape index (κ3) is 3.04. The van der Waals surface area contributed by atoms with Crippen LogP contribution in [-0.2, 0) is 20.5 Å². The van der Waals surface area contributed by atoms with Crippen molar-refractivity contribution in [3.05, 3.63) is 24.0 Å². The molecule has 1 aliphatic carbocycles. The molecule has 1 atom stereocenters. The summed E-state index contributed by atoms with van der Waals surface area (Å²) in [7, 11) is -0.556. The number of nitrogens with zero attached hydrogens (tertiary/aromatic N) is 1. The highest BCUT2D eigenvalue weighted by Gasteiger charge is 2.60. The van der Waals surface area contributed by atoms with Crippen LogP contribution < -0.4 is 5.46 Å². The zero-order valence-electron chi connectivity index (χ0n) is 13.7. The lowest BCUT2D eigenvalue weighted by molar-refractivity contribution is -0.121. The molecule has 0 N–H and O–H groups in total. The Morgan fingerprint density at radius 1 is 1.30 bits per heavy atom. The molecule has 1 aromatic rings. The molecule has 1 aromatic heterocycles. The summed E-state index contributed by atoms with van der Waals surface area (Å²) in [6.45, 7) is 7.81. The Morgan fingerprint density at radius 3 is 2.39 bits per heavy atom. The third-order valence-corrected chi connectivity index (χ3v) is 4.94. The van der Waals surface area contributed by atoms with Crippen molar-refractivity contribution in [2.75, 3.05) is 0 Å². The normalized spacial score (nSPS) is 27.0. The Morgan fingerprint density at radius 2 is 1.87 bits per heavy atom. The second-order valence-corrected chi connectivity index (χ2v) is 7.33. The Bertz CT molecular complexity index is 632. The number of alkyl halides is 2. The van der Waals surface area contributed by atoms with Crippen molar-refractivity contribution in [3.8, 4) is 0 Å². The zero-order chi connectivity index (χ0) is 17.0. The summed E-state index contributed by atoms with van der Waals surface area (Å²) in [5, 5.41) is 0. The fraction of sp³-hybridized carbons (Fsp3) is 0.625. The number of carbonyl (C=O) groups is 1. The van der Waals surface area contributed by atoms with Gasteiger partial charge >= 0.3 is 7.12 Å². The molecule has 3 rings (SSSR count). The second-order valence-electron chi connectivity index (χ2n) is 7.33. The highest BCUT2D eigenvalue weighted by Crippen LogP contribution is 2.49. The Labute approximate surface area is 134 Å². The van der Waals surface area contributed by atoms with Crippen LogP contribution in [0.15, 0.2) is 18.3 Å². The summed E-state index contributed by atoms with van der Waals surface area (Å²) >= 11 is 0. The largest absolute Gasteiger partial charge is 0.494 e. The molecule has 1 aliphatic heterocycles. The summed E-state index contributed by atoms with van der Waals surface area (Å²) in [6, 6.07) is 3.45. The van der Waals surface area contributed by atoms with Crippen molar-refractivity contribution in [1.82, 2.24) is 4.98 Å². The number of pyridine rings is 1. The van der Waals surface area contributed by atoms with Crippen molar-refractivity contribution >= 4 is 18.4 Å². The third-order valence-electron chi connectivity index (χ3n) is 4.94. The summed E-state index contributed by atoms with van der Waals surface area (Å²) < 4.78 is 37.8. The van der Waals surface area contributed by atoms with Crippen LogP contribution in [0.4, 0.5) is 8.78 Å². The van der Waals surface area contributed by atoms with Crippen LogP contribution in [-0.4, -0.2) is 35.0 Å². The van der Waals surface area contributed by atoms with Gasteiger partial charge in [0.25, 0.3) is 5.92 Å². The van der Waals surface area contributed by atoms with E-state index in [0.717, 1.165) is 5.46 Å². The van der Waals surface area contributed by atoms with E-state index in [0.29, 0.717) is 5.69 Å². The quantitative estimate of drug-likeness (QED) is 0.797. The van der Waals surface area contributed by atoms with Gasteiger partial charge in [0.2, 0.25) is 0 Å². The van der Waals surface area contributed by atoms with Gasteiger partial charge in [0.15, 0.2) is 0 Å². The number of aromatic nitrogens is 1. The lowest BCUT2D eigenvalue weighted by atomic mass is 9.79. The van der Waals surface area contributed by atoms with Gasteiger partial charge < -0.3 is 9.31 Å². The van der Waals surface area contributed by atoms with Crippen molar-refractivity contribution in [2.45, 2.75) is 57.7 Å². The van der Waals surface area contributed by atoms with Crippen molar-refractivity contribution in [3.63, 3.8) is 0 Å². The van der Waals surface area contributed by atoms with Gasteiger partial charge in [-0.05, 0) is 45.3 Å². The monoisotopic (exact) mass is 323 g/mol. The number of ketones is 1.